The van der Waals surface area contributed by atoms with Crippen LogP contribution >= 0.6 is 0 Å². The van der Waals surface area contributed by atoms with Gasteiger partial charge in [0.15, 0.2) is 0 Å². The van der Waals surface area contributed by atoms with Gasteiger partial charge in [-0.05, 0) is 107 Å². The highest BCUT2D eigenvalue weighted by atomic mass is 19.4. The first-order valence-corrected chi connectivity index (χ1v) is 19.9. The van der Waals surface area contributed by atoms with Crippen LogP contribution in [0.4, 0.5) is 13.2 Å². The monoisotopic (exact) mass is 829 g/mol. The predicted molar refractivity (Wildman–Crippen MR) is 240 cm³/mol. The Morgan fingerprint density at radius 1 is 0.375 bits per heavy atom. The average molecular weight is 830 g/mol. The van der Waals surface area contributed by atoms with Crippen LogP contribution in [0.2, 0.25) is 0 Å². The molecule has 8 aromatic carbocycles. The number of nitriles is 5. The van der Waals surface area contributed by atoms with E-state index in [1.54, 1.807) is 42.5 Å². The number of para-hydroxylation sites is 2. The smallest absolute Gasteiger partial charge is 0.308 e. The Kier molecular flexibility index (Phi) is 9.06. The molecular formula is C54H26F3N7. The van der Waals surface area contributed by atoms with Gasteiger partial charge in [0.2, 0.25) is 0 Å². The zero-order chi connectivity index (χ0) is 44.3. The molecule has 0 aliphatic carbocycles. The van der Waals surface area contributed by atoms with Crippen molar-refractivity contribution in [3.8, 4) is 75.1 Å². The van der Waals surface area contributed by atoms with Crippen molar-refractivity contribution >= 4 is 43.6 Å². The minimum absolute atomic E-state index is 0.174. The van der Waals surface area contributed by atoms with Crippen LogP contribution in [0, 0.1) is 56.7 Å². The van der Waals surface area contributed by atoms with Crippen LogP contribution in [0.15, 0.2) is 158 Å². The minimum Gasteiger partial charge on any atom is -0.308 e. The second-order valence-electron chi connectivity index (χ2n) is 15.3. The lowest BCUT2D eigenvalue weighted by atomic mass is 9.96. The molecule has 0 N–H and O–H groups in total. The highest BCUT2D eigenvalue weighted by Crippen LogP contribution is 2.44. The van der Waals surface area contributed by atoms with Gasteiger partial charge in [-0.3, -0.25) is 0 Å². The molecule has 0 bridgehead atoms. The molecule has 7 nitrogen and oxygen atoms in total. The first-order valence-electron chi connectivity index (χ1n) is 19.9. The number of rotatable bonds is 5. The Morgan fingerprint density at radius 3 is 1.36 bits per heavy atom. The van der Waals surface area contributed by atoms with Crippen molar-refractivity contribution in [2.45, 2.75) is 6.18 Å². The summed E-state index contributed by atoms with van der Waals surface area (Å²) in [6.07, 6.45) is -4.64. The molecule has 2 aromatic heterocycles. The zero-order valence-electron chi connectivity index (χ0n) is 33.3. The number of hydrogen-bond acceptors (Lipinski definition) is 5. The highest BCUT2D eigenvalue weighted by Gasteiger charge is 2.31. The van der Waals surface area contributed by atoms with E-state index < -0.39 is 11.7 Å². The molecule has 0 amide bonds. The molecule has 0 fully saturated rings. The van der Waals surface area contributed by atoms with E-state index in [-0.39, 0.29) is 11.1 Å². The lowest BCUT2D eigenvalue weighted by molar-refractivity contribution is -0.137. The van der Waals surface area contributed by atoms with E-state index in [4.69, 9.17) is 0 Å². The molecule has 0 spiro atoms. The maximum absolute atomic E-state index is 14.4. The average Bonchev–Trinajstić information content (AvgIpc) is 3.84. The molecule has 0 saturated heterocycles. The van der Waals surface area contributed by atoms with Gasteiger partial charge in [0.25, 0.3) is 0 Å². The Bertz CT molecular complexity index is 3790. The predicted octanol–water partition coefficient (Wildman–Crippen LogP) is 13.3. The van der Waals surface area contributed by atoms with Gasteiger partial charge >= 0.3 is 6.18 Å². The van der Waals surface area contributed by atoms with Crippen LogP contribution in [-0.2, 0) is 6.18 Å². The van der Waals surface area contributed by atoms with Crippen molar-refractivity contribution in [3.63, 3.8) is 0 Å². The van der Waals surface area contributed by atoms with Gasteiger partial charge < -0.3 is 9.13 Å². The van der Waals surface area contributed by atoms with Crippen molar-refractivity contribution in [3.05, 3.63) is 191 Å². The number of nitrogens with zero attached hydrogens (tertiary/aromatic N) is 7. The number of halogens is 3. The van der Waals surface area contributed by atoms with E-state index in [1.165, 1.54) is 18.2 Å². The molecule has 298 valence electrons. The fourth-order valence-electron chi connectivity index (χ4n) is 8.85. The minimum atomic E-state index is -4.64. The van der Waals surface area contributed by atoms with Crippen LogP contribution in [0.5, 0.6) is 0 Å². The third-order valence-electron chi connectivity index (χ3n) is 11.6. The molecule has 64 heavy (non-hydrogen) atoms. The highest BCUT2D eigenvalue weighted by molar-refractivity contribution is 6.12. The maximum Gasteiger partial charge on any atom is 0.416 e. The maximum atomic E-state index is 14.4. The molecule has 10 aromatic rings. The van der Waals surface area contributed by atoms with E-state index in [2.05, 4.69) is 30.3 Å². The lowest BCUT2D eigenvalue weighted by Gasteiger charge is -2.21. The van der Waals surface area contributed by atoms with E-state index >= 15 is 0 Å². The summed E-state index contributed by atoms with van der Waals surface area (Å²) in [5.41, 5.74) is 7.48. The molecule has 0 radical (unpaired) electrons. The summed E-state index contributed by atoms with van der Waals surface area (Å²) in [5.74, 6) is 0. The van der Waals surface area contributed by atoms with Gasteiger partial charge in [0.1, 0.15) is 11.6 Å². The van der Waals surface area contributed by atoms with E-state index in [1.807, 2.05) is 94.1 Å². The molecule has 0 unspecified atom stereocenters. The third-order valence-corrected chi connectivity index (χ3v) is 11.6. The first-order chi connectivity index (χ1) is 31.1. The topological polar surface area (TPSA) is 129 Å². The largest absolute Gasteiger partial charge is 0.416 e. The van der Waals surface area contributed by atoms with Crippen LogP contribution in [-0.4, -0.2) is 9.13 Å². The van der Waals surface area contributed by atoms with Crippen LogP contribution in [0.3, 0.4) is 0 Å². The van der Waals surface area contributed by atoms with Gasteiger partial charge in [-0.15, -0.1) is 0 Å². The molecule has 0 saturated carbocycles. The molecule has 2 heterocycles. The van der Waals surface area contributed by atoms with E-state index in [0.717, 1.165) is 44.8 Å². The van der Waals surface area contributed by atoms with Crippen molar-refractivity contribution in [1.82, 2.24) is 9.13 Å². The van der Waals surface area contributed by atoms with Gasteiger partial charge in [-0.2, -0.15) is 39.5 Å². The summed E-state index contributed by atoms with van der Waals surface area (Å²) in [7, 11) is 0. The van der Waals surface area contributed by atoms with Gasteiger partial charge in [-0.1, -0.05) is 78.9 Å². The van der Waals surface area contributed by atoms with Crippen molar-refractivity contribution in [1.29, 1.82) is 26.3 Å². The molecular weight excluding hydrogens is 804 g/mol. The van der Waals surface area contributed by atoms with E-state index in [9.17, 15) is 39.5 Å². The SMILES string of the molecule is N#Cc1cc(C#N)cc(-c2ccc3c4ccccc4n(-c4ccc(-c5cccc(C(F)(F)F)c5)c(-n5c6ccccc6c6ccc(-c7cc(C#N)cc(C#N)c7)cc65)c4C#N)c3c2)c1. The standard InChI is InChI=1S/C54H26F3N7/c55-54(56,57)41-7-5-6-38(24-41)42-16-17-50(63-48-10-3-1-8-43(48)45-14-12-36(25-51(45)63)39-20-32(27-58)18-33(21-39)28-59)47(31-62)53(42)64-49-11-4-2-9-44(49)46-15-13-37(26-52(46)64)40-22-34(29-60)19-35(23-40)30-61/h1-26H. The van der Waals surface area contributed by atoms with Crippen LogP contribution < -0.4 is 0 Å². The third kappa shape index (κ3) is 6.26. The Morgan fingerprint density at radius 2 is 0.859 bits per heavy atom. The van der Waals surface area contributed by atoms with Crippen LogP contribution in [0.25, 0.3) is 88.4 Å². The summed E-state index contributed by atoms with van der Waals surface area (Å²) >= 11 is 0. The Labute approximate surface area is 363 Å². The number of alkyl halides is 3. The molecule has 0 aliphatic rings. The molecule has 10 rings (SSSR count). The fraction of sp³-hybridized carbons (Fsp3) is 0.0185. The quantitative estimate of drug-likeness (QED) is 0.171. The van der Waals surface area contributed by atoms with Gasteiger partial charge in [0, 0.05) is 27.1 Å². The normalized spacial score (nSPS) is 11.3. The van der Waals surface area contributed by atoms with Crippen LogP contribution in [0.1, 0.15) is 33.4 Å². The molecule has 0 aliphatic heterocycles. The summed E-state index contributed by atoms with van der Waals surface area (Å²) in [4.78, 5) is 0. The second kappa shape index (κ2) is 14.9. The fourth-order valence-corrected chi connectivity index (χ4v) is 8.85. The first kappa shape index (κ1) is 38.8. The summed E-state index contributed by atoms with van der Waals surface area (Å²) in [5, 5.41) is 54.1. The Balaban J connectivity index is 1.33. The lowest BCUT2D eigenvalue weighted by Crippen LogP contribution is -2.08. The zero-order valence-corrected chi connectivity index (χ0v) is 33.3. The van der Waals surface area contributed by atoms with Crippen molar-refractivity contribution < 1.29 is 13.2 Å². The van der Waals surface area contributed by atoms with Gasteiger partial charge in [0.05, 0.1) is 85.5 Å². The summed E-state index contributed by atoms with van der Waals surface area (Å²) in [6.45, 7) is 0. The van der Waals surface area contributed by atoms with Crippen molar-refractivity contribution in [2.75, 3.05) is 0 Å². The number of benzene rings is 8. The summed E-state index contributed by atoms with van der Waals surface area (Å²) in [6, 6.07) is 56.4. The number of fused-ring (bicyclic) bond motifs is 6. The summed E-state index contributed by atoms with van der Waals surface area (Å²) < 4.78 is 47.1. The number of hydrogen-bond donors (Lipinski definition) is 0. The number of aromatic nitrogens is 2. The second-order valence-corrected chi connectivity index (χ2v) is 15.3. The van der Waals surface area contributed by atoms with Crippen molar-refractivity contribution in [2.24, 2.45) is 0 Å². The van der Waals surface area contributed by atoms with Gasteiger partial charge in [-0.25, -0.2) is 0 Å². The molecule has 10 heteroatoms. The Hall–Kier alpha value is -9.40. The molecule has 0 atom stereocenters. The van der Waals surface area contributed by atoms with E-state index in [0.29, 0.717) is 72.4 Å².